The predicted octanol–water partition coefficient (Wildman–Crippen LogP) is 1.09. The summed E-state index contributed by atoms with van der Waals surface area (Å²) in [5.74, 6) is -0.955. The molecule has 0 spiro atoms. The molecule has 20 heavy (non-hydrogen) atoms. The Morgan fingerprint density at radius 2 is 1.70 bits per heavy atom. The molecule has 110 valence electrons. The standard InChI is InChI=1S/C14H21N3O3/c1-16(2)8-9-17(3)14(20)15-10-11-4-6-12(7-5-11)13(18)19/h4-7H,8-10H2,1-3H3,(H,15,20)(H,18,19). The van der Waals surface area contributed by atoms with Crippen molar-refractivity contribution in [1.82, 2.24) is 15.1 Å². The highest BCUT2D eigenvalue weighted by atomic mass is 16.4. The Balaban J connectivity index is 2.42. The van der Waals surface area contributed by atoms with Crippen LogP contribution in [0, 0.1) is 0 Å². The summed E-state index contributed by atoms with van der Waals surface area (Å²) < 4.78 is 0. The minimum atomic E-state index is -0.955. The maximum Gasteiger partial charge on any atom is 0.335 e. The van der Waals surface area contributed by atoms with Gasteiger partial charge in [0, 0.05) is 26.7 Å². The molecule has 0 radical (unpaired) electrons. The number of carboxylic acids is 1. The van der Waals surface area contributed by atoms with Crippen molar-refractivity contribution in [2.75, 3.05) is 34.2 Å². The summed E-state index contributed by atoms with van der Waals surface area (Å²) in [7, 11) is 5.65. The highest BCUT2D eigenvalue weighted by Gasteiger charge is 2.08. The van der Waals surface area contributed by atoms with Gasteiger partial charge in [0.25, 0.3) is 0 Å². The Kier molecular flexibility index (Phi) is 5.99. The van der Waals surface area contributed by atoms with Gasteiger partial charge in [-0.05, 0) is 31.8 Å². The maximum absolute atomic E-state index is 11.8. The van der Waals surface area contributed by atoms with Crippen molar-refractivity contribution in [2.45, 2.75) is 6.54 Å². The molecule has 2 N–H and O–H groups in total. The van der Waals surface area contributed by atoms with Gasteiger partial charge in [0.1, 0.15) is 0 Å². The van der Waals surface area contributed by atoms with E-state index in [1.807, 2.05) is 19.0 Å². The third-order valence-electron chi connectivity index (χ3n) is 2.87. The van der Waals surface area contributed by atoms with Gasteiger partial charge in [-0.2, -0.15) is 0 Å². The van der Waals surface area contributed by atoms with Gasteiger partial charge >= 0.3 is 12.0 Å². The Morgan fingerprint density at radius 1 is 1.10 bits per heavy atom. The van der Waals surface area contributed by atoms with E-state index in [1.165, 1.54) is 12.1 Å². The van der Waals surface area contributed by atoms with E-state index in [2.05, 4.69) is 5.32 Å². The number of hydrogen-bond donors (Lipinski definition) is 2. The number of nitrogens with one attached hydrogen (secondary N) is 1. The summed E-state index contributed by atoms with van der Waals surface area (Å²) in [4.78, 5) is 26.1. The number of carbonyl (C=O) groups excluding carboxylic acids is 1. The molecule has 0 bridgehead atoms. The zero-order chi connectivity index (χ0) is 15.1. The molecule has 1 aromatic rings. The molecule has 0 heterocycles. The van der Waals surface area contributed by atoms with Gasteiger partial charge in [0.2, 0.25) is 0 Å². The number of urea groups is 1. The van der Waals surface area contributed by atoms with Crippen LogP contribution in [0.5, 0.6) is 0 Å². The number of aromatic carboxylic acids is 1. The summed E-state index contributed by atoms with van der Waals surface area (Å²) in [5, 5.41) is 11.6. The first-order chi connectivity index (χ1) is 9.40. The van der Waals surface area contributed by atoms with E-state index >= 15 is 0 Å². The van der Waals surface area contributed by atoms with Crippen LogP contribution in [0.15, 0.2) is 24.3 Å². The smallest absolute Gasteiger partial charge is 0.335 e. The van der Waals surface area contributed by atoms with E-state index in [4.69, 9.17) is 5.11 Å². The molecule has 1 aromatic carbocycles. The molecular formula is C14H21N3O3. The highest BCUT2D eigenvalue weighted by molar-refractivity contribution is 5.87. The van der Waals surface area contributed by atoms with Crippen molar-refractivity contribution in [1.29, 1.82) is 0 Å². The number of nitrogens with zero attached hydrogens (tertiary/aromatic N) is 2. The Hall–Kier alpha value is -2.08. The minimum Gasteiger partial charge on any atom is -0.478 e. The predicted molar refractivity (Wildman–Crippen MR) is 76.8 cm³/mol. The third kappa shape index (κ3) is 5.27. The first-order valence-corrected chi connectivity index (χ1v) is 6.36. The number of carbonyl (C=O) groups is 2. The number of carboxylic acid groups (broad SMARTS) is 1. The van der Waals surface area contributed by atoms with Crippen LogP contribution < -0.4 is 5.32 Å². The van der Waals surface area contributed by atoms with Crippen molar-refractivity contribution < 1.29 is 14.7 Å². The van der Waals surface area contributed by atoms with E-state index in [9.17, 15) is 9.59 Å². The van der Waals surface area contributed by atoms with Crippen LogP contribution >= 0.6 is 0 Å². The van der Waals surface area contributed by atoms with Crippen molar-refractivity contribution in [3.63, 3.8) is 0 Å². The summed E-state index contributed by atoms with van der Waals surface area (Å²) >= 11 is 0. The van der Waals surface area contributed by atoms with Crippen LogP contribution in [0.25, 0.3) is 0 Å². The molecule has 0 aliphatic rings. The molecule has 6 heteroatoms. The van der Waals surface area contributed by atoms with Gasteiger partial charge in [-0.25, -0.2) is 9.59 Å². The number of rotatable bonds is 6. The van der Waals surface area contributed by atoms with E-state index in [1.54, 1.807) is 24.1 Å². The summed E-state index contributed by atoms with van der Waals surface area (Å²) in [6.45, 7) is 1.83. The molecule has 0 fully saturated rings. The average molecular weight is 279 g/mol. The second-order valence-corrected chi connectivity index (χ2v) is 4.89. The molecule has 0 aliphatic heterocycles. The second kappa shape index (κ2) is 7.49. The third-order valence-corrected chi connectivity index (χ3v) is 2.87. The van der Waals surface area contributed by atoms with Gasteiger partial charge in [0.05, 0.1) is 5.56 Å². The van der Waals surface area contributed by atoms with Gasteiger partial charge < -0.3 is 20.2 Å². The molecule has 0 unspecified atom stereocenters. The zero-order valence-electron chi connectivity index (χ0n) is 12.1. The fourth-order valence-corrected chi connectivity index (χ4v) is 1.53. The van der Waals surface area contributed by atoms with Gasteiger partial charge in [-0.1, -0.05) is 12.1 Å². The van der Waals surface area contributed by atoms with E-state index in [-0.39, 0.29) is 11.6 Å². The molecule has 0 saturated heterocycles. The lowest BCUT2D eigenvalue weighted by Gasteiger charge is -2.20. The lowest BCUT2D eigenvalue weighted by molar-refractivity contribution is 0.0697. The molecule has 0 aromatic heterocycles. The normalized spacial score (nSPS) is 10.4. The Labute approximate surface area is 119 Å². The van der Waals surface area contributed by atoms with Gasteiger partial charge in [-0.15, -0.1) is 0 Å². The van der Waals surface area contributed by atoms with Crippen LogP contribution in [0.2, 0.25) is 0 Å². The first-order valence-electron chi connectivity index (χ1n) is 6.36. The monoisotopic (exact) mass is 279 g/mol. The summed E-state index contributed by atoms with van der Waals surface area (Å²) in [6.07, 6.45) is 0. The fraction of sp³-hybridized carbons (Fsp3) is 0.429. The molecule has 0 aliphatic carbocycles. The van der Waals surface area contributed by atoms with E-state index in [0.29, 0.717) is 13.1 Å². The average Bonchev–Trinajstić information content (AvgIpc) is 2.42. The lowest BCUT2D eigenvalue weighted by Crippen LogP contribution is -2.40. The SMILES string of the molecule is CN(C)CCN(C)C(=O)NCc1ccc(C(=O)O)cc1. The van der Waals surface area contributed by atoms with Crippen molar-refractivity contribution in [3.8, 4) is 0 Å². The van der Waals surface area contributed by atoms with Gasteiger partial charge in [0.15, 0.2) is 0 Å². The molecular weight excluding hydrogens is 258 g/mol. The largest absolute Gasteiger partial charge is 0.478 e. The number of amides is 2. The zero-order valence-corrected chi connectivity index (χ0v) is 12.1. The highest BCUT2D eigenvalue weighted by Crippen LogP contribution is 2.04. The minimum absolute atomic E-state index is 0.144. The van der Waals surface area contributed by atoms with Crippen LogP contribution in [-0.4, -0.2) is 61.1 Å². The molecule has 0 saturated carbocycles. The fourth-order valence-electron chi connectivity index (χ4n) is 1.53. The number of hydrogen-bond acceptors (Lipinski definition) is 3. The summed E-state index contributed by atoms with van der Waals surface area (Å²) in [5.41, 5.74) is 1.10. The summed E-state index contributed by atoms with van der Waals surface area (Å²) in [6, 6.07) is 6.31. The number of likely N-dealkylation sites (N-methyl/N-ethyl adjacent to an activating group) is 2. The van der Waals surface area contributed by atoms with Gasteiger partial charge in [-0.3, -0.25) is 0 Å². The van der Waals surface area contributed by atoms with Crippen molar-refractivity contribution >= 4 is 12.0 Å². The Bertz CT molecular complexity index is 457. The van der Waals surface area contributed by atoms with Crippen LogP contribution in [0.4, 0.5) is 4.79 Å². The van der Waals surface area contributed by atoms with Crippen molar-refractivity contribution in [2.24, 2.45) is 0 Å². The first kappa shape index (κ1) is 16.0. The molecule has 6 nitrogen and oxygen atoms in total. The van der Waals surface area contributed by atoms with Crippen LogP contribution in [0.3, 0.4) is 0 Å². The van der Waals surface area contributed by atoms with Crippen molar-refractivity contribution in [3.05, 3.63) is 35.4 Å². The molecule has 1 rings (SSSR count). The van der Waals surface area contributed by atoms with E-state index < -0.39 is 5.97 Å². The number of benzene rings is 1. The van der Waals surface area contributed by atoms with Crippen LogP contribution in [0.1, 0.15) is 15.9 Å². The molecule has 2 amide bonds. The lowest BCUT2D eigenvalue weighted by atomic mass is 10.1. The maximum atomic E-state index is 11.8. The Morgan fingerprint density at radius 3 is 2.20 bits per heavy atom. The van der Waals surface area contributed by atoms with E-state index in [0.717, 1.165) is 12.1 Å². The van der Waals surface area contributed by atoms with Crippen LogP contribution in [-0.2, 0) is 6.54 Å². The molecule has 0 atom stereocenters. The second-order valence-electron chi connectivity index (χ2n) is 4.89. The quantitative estimate of drug-likeness (QED) is 0.817. The topological polar surface area (TPSA) is 72.9 Å².